The zero-order valence-corrected chi connectivity index (χ0v) is 33.3. The molecule has 2 heteroatoms. The van der Waals surface area contributed by atoms with E-state index in [1.807, 2.05) is 6.07 Å². The van der Waals surface area contributed by atoms with Gasteiger partial charge in [-0.2, -0.15) is 0 Å². The average molecular weight is 775 g/mol. The molecular weight excluding hydrogens is 737 g/mol. The summed E-state index contributed by atoms with van der Waals surface area (Å²) in [7, 11) is 0. The van der Waals surface area contributed by atoms with Crippen LogP contribution in [0.4, 0.5) is 0 Å². The second kappa shape index (κ2) is 14.1. The second-order valence-electron chi connectivity index (χ2n) is 16.0. The van der Waals surface area contributed by atoms with Crippen molar-refractivity contribution in [3.63, 3.8) is 0 Å². The fraction of sp³-hybridized carbons (Fsp3) is 0.0169. The summed E-state index contributed by atoms with van der Waals surface area (Å²) < 4.78 is 0. The number of nitrogens with zero attached hydrogens (tertiary/aromatic N) is 2. The Labute approximate surface area is 355 Å². The number of hydrogen-bond donors (Lipinski definition) is 0. The molecule has 0 saturated heterocycles. The summed E-state index contributed by atoms with van der Waals surface area (Å²) in [6.45, 7) is 0. The van der Waals surface area contributed by atoms with E-state index in [1.54, 1.807) is 0 Å². The quantitative estimate of drug-likeness (QED) is 0.168. The third kappa shape index (κ3) is 5.57. The lowest BCUT2D eigenvalue weighted by Crippen LogP contribution is -2.28. The predicted octanol–water partition coefficient (Wildman–Crippen LogP) is 15.0. The molecule has 12 rings (SSSR count). The molecular formula is C59H38N2. The number of rotatable bonds is 6. The standard InChI is InChI=1S/C59H38N2/c1-4-18-40(19-5-1)56-38-57(61-58(60-56)52-30-16-22-39-17-12-13-27-46(39)52)51-34-33-47(48-28-14-15-29-49(48)51)43-31-32-50-53-35-41-20-10-11-21-42(41)36-55(53)59(54(50)37-43,44-23-6-2-7-24-44)45-25-8-3-9-26-45/h1-38H. The smallest absolute Gasteiger partial charge is 0.161 e. The number of aromatic nitrogens is 2. The van der Waals surface area contributed by atoms with Crippen LogP contribution in [-0.4, -0.2) is 9.97 Å². The summed E-state index contributed by atoms with van der Waals surface area (Å²) in [4.78, 5) is 10.6. The van der Waals surface area contributed by atoms with E-state index in [0.29, 0.717) is 5.82 Å². The molecule has 284 valence electrons. The van der Waals surface area contributed by atoms with E-state index in [4.69, 9.17) is 9.97 Å². The van der Waals surface area contributed by atoms with E-state index in [2.05, 4.69) is 224 Å². The van der Waals surface area contributed by atoms with Crippen molar-refractivity contribution in [3.8, 4) is 56.2 Å². The van der Waals surface area contributed by atoms with Crippen LogP contribution < -0.4 is 0 Å². The Morgan fingerprint density at radius 2 is 0.803 bits per heavy atom. The normalized spacial score (nSPS) is 12.7. The molecule has 0 saturated carbocycles. The minimum Gasteiger partial charge on any atom is -0.228 e. The van der Waals surface area contributed by atoms with Crippen molar-refractivity contribution >= 4 is 32.3 Å². The van der Waals surface area contributed by atoms with Crippen LogP contribution in [0.3, 0.4) is 0 Å². The Balaban J connectivity index is 1.08. The highest BCUT2D eigenvalue weighted by molar-refractivity contribution is 6.06. The van der Waals surface area contributed by atoms with Gasteiger partial charge in [-0.25, -0.2) is 9.97 Å². The molecule has 11 aromatic rings. The second-order valence-corrected chi connectivity index (χ2v) is 16.0. The third-order valence-electron chi connectivity index (χ3n) is 12.8. The van der Waals surface area contributed by atoms with Crippen LogP contribution in [0.5, 0.6) is 0 Å². The Kier molecular flexibility index (Phi) is 8.11. The zero-order valence-electron chi connectivity index (χ0n) is 33.3. The topological polar surface area (TPSA) is 25.8 Å². The highest BCUT2D eigenvalue weighted by Crippen LogP contribution is 2.57. The Bertz CT molecular complexity index is 3420. The van der Waals surface area contributed by atoms with Crippen LogP contribution in [0.15, 0.2) is 231 Å². The van der Waals surface area contributed by atoms with E-state index >= 15 is 0 Å². The van der Waals surface area contributed by atoms with Gasteiger partial charge in [-0.15, -0.1) is 0 Å². The Morgan fingerprint density at radius 1 is 0.279 bits per heavy atom. The van der Waals surface area contributed by atoms with Crippen LogP contribution in [0.2, 0.25) is 0 Å². The number of benzene rings is 10. The lowest BCUT2D eigenvalue weighted by Gasteiger charge is -2.34. The van der Waals surface area contributed by atoms with Gasteiger partial charge in [0, 0.05) is 16.7 Å². The van der Waals surface area contributed by atoms with Crippen LogP contribution in [-0.2, 0) is 5.41 Å². The number of hydrogen-bond acceptors (Lipinski definition) is 2. The van der Waals surface area contributed by atoms with Gasteiger partial charge in [0.2, 0.25) is 0 Å². The molecule has 0 radical (unpaired) electrons. The van der Waals surface area contributed by atoms with Gasteiger partial charge in [0.15, 0.2) is 5.82 Å². The van der Waals surface area contributed by atoms with E-state index in [9.17, 15) is 0 Å². The maximum Gasteiger partial charge on any atom is 0.161 e. The first kappa shape index (κ1) is 35.0. The molecule has 0 spiro atoms. The van der Waals surface area contributed by atoms with E-state index < -0.39 is 5.41 Å². The zero-order chi connectivity index (χ0) is 40.3. The van der Waals surface area contributed by atoms with Crippen molar-refractivity contribution in [1.82, 2.24) is 9.97 Å². The van der Waals surface area contributed by atoms with Crippen molar-refractivity contribution in [1.29, 1.82) is 0 Å². The largest absolute Gasteiger partial charge is 0.228 e. The molecule has 1 heterocycles. The van der Waals surface area contributed by atoms with Gasteiger partial charge in [0.25, 0.3) is 0 Å². The first-order valence-corrected chi connectivity index (χ1v) is 21.0. The first-order valence-electron chi connectivity index (χ1n) is 21.0. The lowest BCUT2D eigenvalue weighted by atomic mass is 9.67. The fourth-order valence-corrected chi connectivity index (χ4v) is 10.00. The summed E-state index contributed by atoms with van der Waals surface area (Å²) in [6.07, 6.45) is 0. The average Bonchev–Trinajstić information content (AvgIpc) is 3.62. The highest BCUT2D eigenvalue weighted by atomic mass is 14.9. The van der Waals surface area contributed by atoms with Crippen molar-refractivity contribution in [2.75, 3.05) is 0 Å². The maximum absolute atomic E-state index is 5.37. The van der Waals surface area contributed by atoms with Crippen LogP contribution in [0.25, 0.3) is 88.5 Å². The molecule has 1 aromatic heterocycles. The highest BCUT2D eigenvalue weighted by Gasteiger charge is 2.46. The SMILES string of the molecule is c1ccc(-c2cc(-c3ccc(-c4ccc5c(c4)C(c4ccccc4)(c4ccccc4)c4cc6ccccc6cc4-5)c4ccccc34)nc(-c3cccc4ccccc34)n2)cc1. The summed E-state index contributed by atoms with van der Waals surface area (Å²) in [5, 5.41) is 7.12. The molecule has 10 aromatic carbocycles. The first-order chi connectivity index (χ1) is 30.2. The summed E-state index contributed by atoms with van der Waals surface area (Å²) >= 11 is 0. The van der Waals surface area contributed by atoms with E-state index in [-0.39, 0.29) is 0 Å². The molecule has 0 unspecified atom stereocenters. The minimum absolute atomic E-state index is 0.518. The molecule has 2 nitrogen and oxygen atoms in total. The van der Waals surface area contributed by atoms with Gasteiger partial charge >= 0.3 is 0 Å². The van der Waals surface area contributed by atoms with Crippen molar-refractivity contribution < 1.29 is 0 Å². The molecule has 0 aliphatic heterocycles. The third-order valence-corrected chi connectivity index (χ3v) is 12.8. The Morgan fingerprint density at radius 3 is 1.52 bits per heavy atom. The van der Waals surface area contributed by atoms with Gasteiger partial charge in [-0.1, -0.05) is 206 Å². The van der Waals surface area contributed by atoms with E-state index in [0.717, 1.165) is 38.9 Å². The molecule has 0 bridgehead atoms. The minimum atomic E-state index is -0.518. The fourth-order valence-electron chi connectivity index (χ4n) is 10.00. The molecule has 0 atom stereocenters. The van der Waals surface area contributed by atoms with Crippen LogP contribution >= 0.6 is 0 Å². The molecule has 1 aliphatic rings. The van der Waals surface area contributed by atoms with Crippen molar-refractivity contribution in [2.45, 2.75) is 5.41 Å². The van der Waals surface area contributed by atoms with Gasteiger partial charge in [-0.3, -0.25) is 0 Å². The number of fused-ring (bicyclic) bond motifs is 6. The van der Waals surface area contributed by atoms with Gasteiger partial charge in [0.05, 0.1) is 16.8 Å². The van der Waals surface area contributed by atoms with Gasteiger partial charge < -0.3 is 0 Å². The van der Waals surface area contributed by atoms with Gasteiger partial charge in [-0.05, 0) is 101 Å². The molecule has 0 fully saturated rings. The lowest BCUT2D eigenvalue weighted by molar-refractivity contribution is 0.770. The monoisotopic (exact) mass is 774 g/mol. The molecule has 0 N–H and O–H groups in total. The van der Waals surface area contributed by atoms with Gasteiger partial charge in [0.1, 0.15) is 0 Å². The van der Waals surface area contributed by atoms with Crippen LogP contribution in [0, 0.1) is 0 Å². The summed E-state index contributed by atoms with van der Waals surface area (Å²) in [6, 6.07) is 83.7. The predicted molar refractivity (Wildman–Crippen MR) is 254 cm³/mol. The molecule has 1 aliphatic carbocycles. The van der Waals surface area contributed by atoms with Crippen molar-refractivity contribution in [3.05, 3.63) is 253 Å². The van der Waals surface area contributed by atoms with Crippen LogP contribution in [0.1, 0.15) is 22.3 Å². The van der Waals surface area contributed by atoms with E-state index in [1.165, 1.54) is 66.1 Å². The summed E-state index contributed by atoms with van der Waals surface area (Å²) in [5.41, 5.74) is 14.5. The maximum atomic E-state index is 5.37. The molecule has 0 amide bonds. The Hall–Kier alpha value is -7.94. The molecule has 61 heavy (non-hydrogen) atoms. The van der Waals surface area contributed by atoms with Crippen molar-refractivity contribution in [2.24, 2.45) is 0 Å². The summed E-state index contributed by atoms with van der Waals surface area (Å²) in [5.74, 6) is 0.713.